The summed E-state index contributed by atoms with van der Waals surface area (Å²) in [6.07, 6.45) is 4.04. The molecule has 0 aliphatic carbocycles. The van der Waals surface area contributed by atoms with Gasteiger partial charge in [-0.25, -0.2) is 12.8 Å². The maximum absolute atomic E-state index is 13.5. The predicted octanol–water partition coefficient (Wildman–Crippen LogP) is 2.56. The van der Waals surface area contributed by atoms with Crippen LogP contribution in [0.3, 0.4) is 0 Å². The number of anilines is 1. The summed E-state index contributed by atoms with van der Waals surface area (Å²) in [5.74, 6) is 0.429. The van der Waals surface area contributed by atoms with Crippen molar-refractivity contribution in [2.24, 2.45) is 4.99 Å². The highest BCUT2D eigenvalue weighted by molar-refractivity contribution is 14.0. The summed E-state index contributed by atoms with van der Waals surface area (Å²) in [7, 11) is -3.25. The molecule has 7 nitrogen and oxygen atoms in total. The van der Waals surface area contributed by atoms with E-state index < -0.39 is 14.6 Å². The van der Waals surface area contributed by atoms with E-state index in [0.717, 1.165) is 31.6 Å². The van der Waals surface area contributed by atoms with Gasteiger partial charge in [-0.05, 0) is 50.8 Å². The summed E-state index contributed by atoms with van der Waals surface area (Å²) in [6.45, 7) is 5.46. The van der Waals surface area contributed by atoms with Crippen molar-refractivity contribution in [3.05, 3.63) is 30.1 Å². The Kier molecular flexibility index (Phi) is 9.81. The molecule has 10 heteroatoms. The average Bonchev–Trinajstić information content (AvgIpc) is 2.73. The molecule has 176 valence electrons. The molecule has 0 atom stereocenters. The van der Waals surface area contributed by atoms with Crippen LogP contribution in [0.4, 0.5) is 10.1 Å². The lowest BCUT2D eigenvalue weighted by Gasteiger charge is -2.35. The largest absolute Gasteiger partial charge is 0.381 e. The molecular weight excluding hydrogens is 534 g/mol. The number of nitrogens with one attached hydrogen (secondary N) is 2. The number of hydrogen-bond acceptors (Lipinski definition) is 5. The van der Waals surface area contributed by atoms with Crippen LogP contribution in [0.15, 0.2) is 29.3 Å². The van der Waals surface area contributed by atoms with Crippen LogP contribution in [-0.2, 0) is 14.6 Å². The van der Waals surface area contributed by atoms with Gasteiger partial charge in [0.2, 0.25) is 0 Å². The number of nitrogens with zero attached hydrogens (tertiary/aromatic N) is 2. The van der Waals surface area contributed by atoms with Gasteiger partial charge in [0.1, 0.15) is 5.82 Å². The Labute approximate surface area is 202 Å². The molecule has 0 radical (unpaired) electrons. The predicted molar refractivity (Wildman–Crippen MR) is 134 cm³/mol. The van der Waals surface area contributed by atoms with Crippen molar-refractivity contribution in [2.45, 2.75) is 43.4 Å². The van der Waals surface area contributed by atoms with Gasteiger partial charge in [0.15, 0.2) is 15.8 Å². The third-order valence-corrected chi connectivity index (χ3v) is 8.18. The Morgan fingerprint density at radius 1 is 1.29 bits per heavy atom. The minimum Gasteiger partial charge on any atom is -0.381 e. The van der Waals surface area contributed by atoms with Crippen molar-refractivity contribution in [3.8, 4) is 0 Å². The van der Waals surface area contributed by atoms with Crippen LogP contribution in [0.5, 0.6) is 0 Å². The number of guanidine groups is 1. The Hall–Kier alpha value is -1.14. The minimum atomic E-state index is -3.25. The highest BCUT2D eigenvalue weighted by Gasteiger charge is 2.42. The van der Waals surface area contributed by atoms with E-state index in [9.17, 15) is 12.8 Å². The summed E-state index contributed by atoms with van der Waals surface area (Å²) >= 11 is 0. The number of hydrogen-bond donors (Lipinski definition) is 2. The monoisotopic (exact) mass is 568 g/mol. The van der Waals surface area contributed by atoms with E-state index >= 15 is 0 Å². The van der Waals surface area contributed by atoms with Crippen molar-refractivity contribution in [2.75, 3.05) is 50.5 Å². The van der Waals surface area contributed by atoms with Crippen LogP contribution in [0, 0.1) is 5.82 Å². The summed E-state index contributed by atoms with van der Waals surface area (Å²) in [5.41, 5.74) is 0.906. The maximum atomic E-state index is 13.5. The third-order valence-electron chi connectivity index (χ3n) is 6.07. The number of benzene rings is 1. The highest BCUT2D eigenvalue weighted by Crippen LogP contribution is 2.29. The molecule has 2 aliphatic heterocycles. The zero-order chi connectivity index (χ0) is 21.6. The number of rotatable bonds is 6. The first kappa shape index (κ1) is 26.1. The molecule has 2 heterocycles. The first-order valence-electron chi connectivity index (χ1n) is 10.7. The maximum Gasteiger partial charge on any atom is 0.191 e. The number of ether oxygens (including phenoxy) is 1. The fourth-order valence-corrected chi connectivity index (χ4v) is 5.29. The molecule has 2 aliphatic rings. The van der Waals surface area contributed by atoms with Gasteiger partial charge in [-0.3, -0.25) is 4.99 Å². The smallest absolute Gasteiger partial charge is 0.191 e. The molecule has 2 fully saturated rings. The van der Waals surface area contributed by atoms with Gasteiger partial charge >= 0.3 is 0 Å². The van der Waals surface area contributed by atoms with Crippen LogP contribution in [-0.4, -0.2) is 70.8 Å². The van der Waals surface area contributed by atoms with Crippen LogP contribution in [0.25, 0.3) is 0 Å². The molecule has 2 saturated heterocycles. The Morgan fingerprint density at radius 3 is 2.55 bits per heavy atom. The average molecular weight is 568 g/mol. The Balaban J connectivity index is 0.00000341. The quantitative estimate of drug-likeness (QED) is 0.312. The summed E-state index contributed by atoms with van der Waals surface area (Å²) in [4.78, 5) is 6.84. The van der Waals surface area contributed by atoms with Gasteiger partial charge in [0.05, 0.1) is 11.3 Å². The first-order valence-corrected chi connectivity index (χ1v) is 12.5. The second kappa shape index (κ2) is 11.6. The zero-order valence-electron chi connectivity index (χ0n) is 18.3. The van der Waals surface area contributed by atoms with E-state index in [1.807, 2.05) is 13.0 Å². The molecule has 0 amide bonds. The van der Waals surface area contributed by atoms with Crippen LogP contribution in [0.1, 0.15) is 32.6 Å². The fourth-order valence-electron chi connectivity index (χ4n) is 4.08. The van der Waals surface area contributed by atoms with Gasteiger partial charge in [-0.1, -0.05) is 6.07 Å². The van der Waals surface area contributed by atoms with Gasteiger partial charge in [-0.15, -0.1) is 24.0 Å². The molecule has 1 aromatic rings. The number of aliphatic imine (C=N–C) groups is 1. The lowest BCUT2D eigenvalue weighted by Crippen LogP contribution is -2.50. The second-order valence-corrected chi connectivity index (χ2v) is 10.6. The first-order chi connectivity index (χ1) is 14.3. The van der Waals surface area contributed by atoms with Gasteiger partial charge in [0.25, 0.3) is 0 Å². The molecule has 3 rings (SSSR count). The Morgan fingerprint density at radius 2 is 1.97 bits per heavy atom. The van der Waals surface area contributed by atoms with Crippen LogP contribution in [0.2, 0.25) is 0 Å². The van der Waals surface area contributed by atoms with Crippen LogP contribution >= 0.6 is 24.0 Å². The van der Waals surface area contributed by atoms with Gasteiger partial charge in [-0.2, -0.15) is 0 Å². The number of piperidine rings is 1. The van der Waals surface area contributed by atoms with E-state index in [1.165, 1.54) is 12.3 Å². The lowest BCUT2D eigenvalue weighted by atomic mass is 9.99. The second-order valence-electron chi connectivity index (χ2n) is 8.15. The minimum absolute atomic E-state index is 0. The molecule has 0 unspecified atom stereocenters. The molecule has 0 aromatic heterocycles. The lowest BCUT2D eigenvalue weighted by molar-refractivity contribution is 0.0768. The molecule has 1 aromatic carbocycles. The molecule has 0 saturated carbocycles. The summed E-state index contributed by atoms with van der Waals surface area (Å²) < 4.78 is 43.0. The normalized spacial score (nSPS) is 20.1. The van der Waals surface area contributed by atoms with E-state index in [4.69, 9.17) is 4.74 Å². The van der Waals surface area contributed by atoms with Crippen molar-refractivity contribution in [3.63, 3.8) is 0 Å². The van der Waals surface area contributed by atoms with Gasteiger partial charge < -0.3 is 20.3 Å². The molecule has 2 N–H and O–H groups in total. The zero-order valence-corrected chi connectivity index (χ0v) is 21.4. The van der Waals surface area contributed by atoms with Crippen molar-refractivity contribution >= 4 is 45.5 Å². The van der Waals surface area contributed by atoms with Gasteiger partial charge in [0, 0.05) is 50.8 Å². The summed E-state index contributed by atoms with van der Waals surface area (Å²) in [5, 5.41) is 6.70. The van der Waals surface area contributed by atoms with Crippen molar-refractivity contribution < 1.29 is 17.5 Å². The topological polar surface area (TPSA) is 83.0 Å². The molecule has 0 spiro atoms. The third kappa shape index (κ3) is 6.92. The van der Waals surface area contributed by atoms with Crippen molar-refractivity contribution in [1.29, 1.82) is 0 Å². The number of halogens is 2. The van der Waals surface area contributed by atoms with E-state index in [2.05, 4.69) is 20.5 Å². The Bertz CT molecular complexity index is 839. The van der Waals surface area contributed by atoms with E-state index in [1.54, 1.807) is 12.1 Å². The number of sulfone groups is 1. The highest BCUT2D eigenvalue weighted by atomic mass is 127. The SMILES string of the molecule is CCNC(=NCC1(S(C)(=O)=O)CCOCC1)NC1CCN(c2cccc(F)c2)CC1.I. The van der Waals surface area contributed by atoms with E-state index in [-0.39, 0.29) is 42.4 Å². The van der Waals surface area contributed by atoms with Crippen molar-refractivity contribution in [1.82, 2.24) is 10.6 Å². The standard InChI is InChI=1S/C21H33FN4O3S.HI/c1-3-23-20(24-16-21(30(2,27)28)9-13-29-14-10-21)25-18-7-11-26(12-8-18)19-6-4-5-17(22)15-19;/h4-6,15,18H,3,7-14,16H2,1-2H3,(H2,23,24,25);1H. The molecule has 0 bridgehead atoms. The molecular formula is C21H34FIN4O3S. The van der Waals surface area contributed by atoms with Crippen LogP contribution < -0.4 is 15.5 Å². The van der Waals surface area contributed by atoms with E-state index in [0.29, 0.717) is 38.6 Å². The summed E-state index contributed by atoms with van der Waals surface area (Å²) in [6, 6.07) is 6.92. The fraction of sp³-hybridized carbons (Fsp3) is 0.667. The molecule has 31 heavy (non-hydrogen) atoms.